The van der Waals surface area contributed by atoms with Gasteiger partial charge in [0.15, 0.2) is 0 Å². The standard InChI is InChI=1S/C12H9FN2O2S/c1-7-4-11(15-6-14-7)18-8-2-3-10(13)9(5-8)12(16)17/h2-6H,1H3,(H,16,17). The largest absolute Gasteiger partial charge is 0.478 e. The van der Waals surface area contributed by atoms with Crippen LogP contribution in [0.4, 0.5) is 4.39 Å². The van der Waals surface area contributed by atoms with Crippen LogP contribution in [0.3, 0.4) is 0 Å². The Labute approximate surface area is 107 Å². The highest BCUT2D eigenvalue weighted by Crippen LogP contribution is 2.27. The van der Waals surface area contributed by atoms with Crippen LogP contribution in [-0.2, 0) is 0 Å². The maximum Gasteiger partial charge on any atom is 0.338 e. The first-order chi connectivity index (χ1) is 8.56. The zero-order chi connectivity index (χ0) is 13.1. The number of aryl methyl sites for hydroxylation is 1. The van der Waals surface area contributed by atoms with Crippen LogP contribution in [0.5, 0.6) is 0 Å². The quantitative estimate of drug-likeness (QED) is 0.864. The number of aromatic carboxylic acids is 1. The minimum atomic E-state index is -1.28. The Morgan fingerprint density at radius 3 is 2.78 bits per heavy atom. The van der Waals surface area contributed by atoms with Crippen molar-refractivity contribution < 1.29 is 14.3 Å². The lowest BCUT2D eigenvalue weighted by molar-refractivity contribution is 0.0691. The average molecular weight is 264 g/mol. The fourth-order valence-electron chi connectivity index (χ4n) is 1.34. The first kappa shape index (κ1) is 12.5. The number of hydrogen-bond donors (Lipinski definition) is 1. The van der Waals surface area contributed by atoms with E-state index in [-0.39, 0.29) is 5.56 Å². The second-order valence-electron chi connectivity index (χ2n) is 3.55. The van der Waals surface area contributed by atoms with Crippen molar-refractivity contribution in [3.63, 3.8) is 0 Å². The molecule has 0 unspecified atom stereocenters. The molecule has 1 heterocycles. The van der Waals surface area contributed by atoms with Crippen LogP contribution >= 0.6 is 11.8 Å². The van der Waals surface area contributed by atoms with Crippen LogP contribution < -0.4 is 0 Å². The van der Waals surface area contributed by atoms with Crippen LogP contribution in [-0.4, -0.2) is 21.0 Å². The van der Waals surface area contributed by atoms with E-state index in [1.165, 1.54) is 30.2 Å². The molecule has 0 aliphatic rings. The second-order valence-corrected chi connectivity index (χ2v) is 4.64. The lowest BCUT2D eigenvalue weighted by atomic mass is 10.2. The number of nitrogens with zero attached hydrogens (tertiary/aromatic N) is 2. The third-order valence-electron chi connectivity index (χ3n) is 2.17. The summed E-state index contributed by atoms with van der Waals surface area (Å²) in [7, 11) is 0. The molecule has 0 saturated carbocycles. The monoisotopic (exact) mass is 264 g/mol. The van der Waals surface area contributed by atoms with E-state index in [0.29, 0.717) is 9.92 Å². The summed E-state index contributed by atoms with van der Waals surface area (Å²) in [6.07, 6.45) is 1.43. The molecule has 1 aromatic heterocycles. The van der Waals surface area contributed by atoms with Gasteiger partial charge in [-0.3, -0.25) is 0 Å². The van der Waals surface area contributed by atoms with E-state index in [9.17, 15) is 9.18 Å². The summed E-state index contributed by atoms with van der Waals surface area (Å²) >= 11 is 1.26. The van der Waals surface area contributed by atoms with Crippen molar-refractivity contribution in [2.24, 2.45) is 0 Å². The summed E-state index contributed by atoms with van der Waals surface area (Å²) in [5.41, 5.74) is 0.471. The molecule has 0 atom stereocenters. The van der Waals surface area contributed by atoms with Crippen molar-refractivity contribution in [1.29, 1.82) is 0 Å². The first-order valence-corrected chi connectivity index (χ1v) is 5.87. The van der Waals surface area contributed by atoms with Crippen molar-refractivity contribution >= 4 is 17.7 Å². The molecule has 2 aromatic rings. The van der Waals surface area contributed by atoms with E-state index >= 15 is 0 Å². The highest BCUT2D eigenvalue weighted by Gasteiger charge is 2.11. The fraction of sp³-hybridized carbons (Fsp3) is 0.0833. The molecule has 0 saturated heterocycles. The van der Waals surface area contributed by atoms with Crippen LogP contribution in [0.2, 0.25) is 0 Å². The average Bonchev–Trinajstić information content (AvgIpc) is 2.31. The van der Waals surface area contributed by atoms with Gasteiger partial charge >= 0.3 is 5.97 Å². The van der Waals surface area contributed by atoms with Gasteiger partial charge < -0.3 is 5.11 Å². The summed E-state index contributed by atoms with van der Waals surface area (Å²) in [6.45, 7) is 1.83. The molecule has 6 heteroatoms. The summed E-state index contributed by atoms with van der Waals surface area (Å²) in [5, 5.41) is 9.51. The van der Waals surface area contributed by atoms with Crippen molar-refractivity contribution in [2.45, 2.75) is 16.8 Å². The molecule has 0 bridgehead atoms. The van der Waals surface area contributed by atoms with Crippen molar-refractivity contribution in [3.05, 3.63) is 47.7 Å². The molecule has 2 rings (SSSR count). The second kappa shape index (κ2) is 5.14. The minimum absolute atomic E-state index is 0.342. The molecule has 1 aromatic carbocycles. The van der Waals surface area contributed by atoms with Gasteiger partial charge in [0.05, 0.1) is 5.56 Å². The SMILES string of the molecule is Cc1cc(Sc2ccc(F)c(C(=O)O)c2)ncn1. The van der Waals surface area contributed by atoms with Crippen LogP contribution in [0.15, 0.2) is 40.5 Å². The van der Waals surface area contributed by atoms with Gasteiger partial charge in [0.25, 0.3) is 0 Å². The van der Waals surface area contributed by atoms with Gasteiger partial charge in [-0.15, -0.1) is 0 Å². The summed E-state index contributed by atoms with van der Waals surface area (Å²) < 4.78 is 13.2. The lowest BCUT2D eigenvalue weighted by Gasteiger charge is -2.03. The maximum atomic E-state index is 13.2. The Kier molecular flexibility index (Phi) is 3.57. The van der Waals surface area contributed by atoms with E-state index in [1.54, 1.807) is 6.07 Å². The number of aromatic nitrogens is 2. The van der Waals surface area contributed by atoms with Crippen molar-refractivity contribution in [3.8, 4) is 0 Å². The zero-order valence-corrected chi connectivity index (χ0v) is 10.2. The molecule has 92 valence electrons. The smallest absolute Gasteiger partial charge is 0.338 e. The number of carboxylic acids is 1. The van der Waals surface area contributed by atoms with Gasteiger partial charge in [-0.05, 0) is 31.2 Å². The highest BCUT2D eigenvalue weighted by molar-refractivity contribution is 7.99. The number of halogens is 1. The van der Waals surface area contributed by atoms with Crippen LogP contribution in [0.25, 0.3) is 0 Å². The fourth-order valence-corrected chi connectivity index (χ4v) is 2.22. The Hall–Kier alpha value is -1.95. The van der Waals surface area contributed by atoms with Crippen molar-refractivity contribution in [2.75, 3.05) is 0 Å². The normalized spacial score (nSPS) is 10.3. The minimum Gasteiger partial charge on any atom is -0.478 e. The molecule has 0 fully saturated rings. The molecule has 0 spiro atoms. The predicted molar refractivity (Wildman–Crippen MR) is 64.3 cm³/mol. The van der Waals surface area contributed by atoms with Crippen LogP contribution in [0.1, 0.15) is 16.1 Å². The van der Waals surface area contributed by atoms with Gasteiger partial charge in [0.1, 0.15) is 17.2 Å². The van der Waals surface area contributed by atoms with Gasteiger partial charge in [-0.1, -0.05) is 11.8 Å². The molecule has 0 aliphatic carbocycles. The third-order valence-corrected chi connectivity index (χ3v) is 3.09. The highest BCUT2D eigenvalue weighted by atomic mass is 32.2. The number of hydrogen-bond acceptors (Lipinski definition) is 4. The molecule has 0 aliphatic heterocycles. The Morgan fingerprint density at radius 1 is 1.33 bits per heavy atom. The van der Waals surface area contributed by atoms with Crippen LogP contribution in [0, 0.1) is 12.7 Å². The van der Waals surface area contributed by atoms with E-state index in [2.05, 4.69) is 9.97 Å². The predicted octanol–water partition coefficient (Wildman–Crippen LogP) is 2.77. The number of benzene rings is 1. The van der Waals surface area contributed by atoms with E-state index in [1.807, 2.05) is 6.92 Å². The maximum absolute atomic E-state index is 13.2. The molecular formula is C12H9FN2O2S. The Morgan fingerprint density at radius 2 is 2.11 bits per heavy atom. The lowest BCUT2D eigenvalue weighted by Crippen LogP contribution is -2.00. The van der Waals surface area contributed by atoms with E-state index < -0.39 is 11.8 Å². The number of carbonyl (C=O) groups is 1. The van der Waals surface area contributed by atoms with E-state index in [4.69, 9.17) is 5.11 Å². The zero-order valence-electron chi connectivity index (χ0n) is 9.42. The van der Waals surface area contributed by atoms with Gasteiger partial charge in [0.2, 0.25) is 0 Å². The molecule has 18 heavy (non-hydrogen) atoms. The molecular weight excluding hydrogens is 255 g/mol. The number of carboxylic acid groups (broad SMARTS) is 1. The van der Waals surface area contributed by atoms with E-state index in [0.717, 1.165) is 11.8 Å². The molecule has 4 nitrogen and oxygen atoms in total. The van der Waals surface area contributed by atoms with Crippen molar-refractivity contribution in [1.82, 2.24) is 9.97 Å². The molecule has 0 radical (unpaired) electrons. The summed E-state index contributed by atoms with van der Waals surface area (Å²) in [5.74, 6) is -2.03. The van der Waals surface area contributed by atoms with Gasteiger partial charge in [0, 0.05) is 10.6 Å². The topological polar surface area (TPSA) is 63.1 Å². The Balaban J connectivity index is 2.30. The summed E-state index contributed by atoms with van der Waals surface area (Å²) in [6, 6.07) is 5.72. The third kappa shape index (κ3) is 2.84. The van der Waals surface area contributed by atoms with Gasteiger partial charge in [-0.2, -0.15) is 0 Å². The first-order valence-electron chi connectivity index (χ1n) is 5.05. The molecule has 0 amide bonds. The Bertz CT molecular complexity index is 604. The molecule has 1 N–H and O–H groups in total. The summed E-state index contributed by atoms with van der Waals surface area (Å²) in [4.78, 5) is 19.4. The van der Waals surface area contributed by atoms with Gasteiger partial charge in [-0.25, -0.2) is 19.2 Å². The number of rotatable bonds is 3.